The Morgan fingerprint density at radius 3 is 2.58 bits per heavy atom. The first kappa shape index (κ1) is 15.9. The van der Waals surface area contributed by atoms with Crippen LogP contribution in [0.25, 0.3) is 0 Å². The van der Waals surface area contributed by atoms with Gasteiger partial charge < -0.3 is 21.1 Å². The Labute approximate surface area is 114 Å². The van der Waals surface area contributed by atoms with Crippen LogP contribution >= 0.6 is 0 Å². The number of nitrogens with one attached hydrogen (secondary N) is 1. The molecule has 0 unspecified atom stereocenters. The number of carbonyl (C=O) groups excluding carboxylic acids is 2. The third-order valence-electron chi connectivity index (χ3n) is 3.57. The van der Waals surface area contributed by atoms with Crippen LogP contribution in [0, 0.1) is 5.92 Å². The Kier molecular flexibility index (Phi) is 6.80. The summed E-state index contributed by atoms with van der Waals surface area (Å²) in [4.78, 5) is 25.5. The van der Waals surface area contributed by atoms with Crippen molar-refractivity contribution < 1.29 is 14.7 Å². The summed E-state index contributed by atoms with van der Waals surface area (Å²) in [6.07, 6.45) is 2.59. The molecule has 2 amide bonds. The molecule has 0 aromatic rings. The van der Waals surface area contributed by atoms with Gasteiger partial charge in [-0.25, -0.2) is 0 Å². The van der Waals surface area contributed by atoms with E-state index in [1.165, 1.54) is 0 Å². The fraction of sp³-hybridized carbons (Fsp3) is 0.846. The lowest BCUT2D eigenvalue weighted by Gasteiger charge is -2.32. The predicted octanol–water partition coefficient (Wildman–Crippen LogP) is -0.539. The first-order valence-corrected chi connectivity index (χ1v) is 7.03. The van der Waals surface area contributed by atoms with Gasteiger partial charge in [0.25, 0.3) is 0 Å². The van der Waals surface area contributed by atoms with Crippen LogP contribution in [0.15, 0.2) is 0 Å². The van der Waals surface area contributed by atoms with Gasteiger partial charge >= 0.3 is 0 Å². The van der Waals surface area contributed by atoms with Crippen molar-refractivity contribution in [2.24, 2.45) is 11.7 Å². The first-order chi connectivity index (χ1) is 9.10. The van der Waals surface area contributed by atoms with Crippen molar-refractivity contribution >= 4 is 11.8 Å². The summed E-state index contributed by atoms with van der Waals surface area (Å²) in [6.45, 7) is 3.69. The number of rotatable bonds is 6. The number of carbonyl (C=O) groups is 2. The highest BCUT2D eigenvalue weighted by Crippen LogP contribution is 2.18. The summed E-state index contributed by atoms with van der Waals surface area (Å²) in [5.41, 5.74) is 5.73. The maximum atomic E-state index is 11.9. The number of aliphatic hydroxyl groups is 1. The van der Waals surface area contributed by atoms with Gasteiger partial charge in [-0.1, -0.05) is 6.92 Å². The van der Waals surface area contributed by atoms with Crippen molar-refractivity contribution in [2.75, 3.05) is 26.2 Å². The Hall–Kier alpha value is -1.14. The highest BCUT2D eigenvalue weighted by Gasteiger charge is 2.28. The van der Waals surface area contributed by atoms with E-state index in [2.05, 4.69) is 5.32 Å². The molecule has 1 fully saturated rings. The zero-order valence-electron chi connectivity index (χ0n) is 11.6. The fourth-order valence-electron chi connectivity index (χ4n) is 2.21. The summed E-state index contributed by atoms with van der Waals surface area (Å²) in [5.74, 6) is -0.0115. The number of hydrogen-bond donors (Lipinski definition) is 3. The average molecular weight is 271 g/mol. The lowest BCUT2D eigenvalue weighted by atomic mass is 9.95. The van der Waals surface area contributed by atoms with Gasteiger partial charge in [-0.3, -0.25) is 9.59 Å². The van der Waals surface area contributed by atoms with Crippen molar-refractivity contribution in [1.29, 1.82) is 0 Å². The van der Waals surface area contributed by atoms with E-state index in [4.69, 9.17) is 10.8 Å². The minimum absolute atomic E-state index is 0.0124. The normalized spacial score (nSPS) is 18.2. The molecule has 1 heterocycles. The van der Waals surface area contributed by atoms with E-state index in [0.29, 0.717) is 45.3 Å². The van der Waals surface area contributed by atoms with Gasteiger partial charge in [-0.05, 0) is 25.7 Å². The Morgan fingerprint density at radius 2 is 2.05 bits per heavy atom. The van der Waals surface area contributed by atoms with Crippen molar-refractivity contribution in [2.45, 2.75) is 38.6 Å². The second-order valence-corrected chi connectivity index (χ2v) is 4.98. The third-order valence-corrected chi connectivity index (χ3v) is 3.57. The molecule has 4 N–H and O–H groups in total. The summed E-state index contributed by atoms with van der Waals surface area (Å²) in [5, 5.41) is 11.5. The monoisotopic (exact) mass is 271 g/mol. The molecule has 0 aromatic heterocycles. The number of nitrogens with zero attached hydrogens (tertiary/aromatic N) is 1. The van der Waals surface area contributed by atoms with Gasteiger partial charge in [0.1, 0.15) is 0 Å². The van der Waals surface area contributed by atoms with E-state index >= 15 is 0 Å². The Balaban J connectivity index is 2.32. The molecule has 6 heteroatoms. The molecule has 110 valence electrons. The fourth-order valence-corrected chi connectivity index (χ4v) is 2.21. The van der Waals surface area contributed by atoms with Gasteiger partial charge in [0.15, 0.2) is 0 Å². The number of piperidine rings is 1. The summed E-state index contributed by atoms with van der Waals surface area (Å²) in [7, 11) is 0. The van der Waals surface area contributed by atoms with Crippen molar-refractivity contribution in [1.82, 2.24) is 10.2 Å². The second kappa shape index (κ2) is 8.12. The summed E-state index contributed by atoms with van der Waals surface area (Å²) >= 11 is 0. The molecular weight excluding hydrogens is 246 g/mol. The lowest BCUT2D eigenvalue weighted by molar-refractivity contribution is -0.136. The zero-order valence-corrected chi connectivity index (χ0v) is 11.6. The highest BCUT2D eigenvalue weighted by atomic mass is 16.3. The van der Waals surface area contributed by atoms with Crippen LogP contribution in [-0.2, 0) is 9.59 Å². The van der Waals surface area contributed by atoms with Crippen LogP contribution in [0.1, 0.15) is 32.6 Å². The zero-order chi connectivity index (χ0) is 14.3. The average Bonchev–Trinajstić information content (AvgIpc) is 2.46. The van der Waals surface area contributed by atoms with Crippen LogP contribution in [0.5, 0.6) is 0 Å². The quantitative estimate of drug-likeness (QED) is 0.565. The molecule has 1 atom stereocenters. The molecule has 19 heavy (non-hydrogen) atoms. The number of amides is 2. The van der Waals surface area contributed by atoms with E-state index in [1.807, 2.05) is 6.92 Å². The minimum atomic E-state index is -0.421. The molecule has 0 aromatic carbocycles. The molecule has 1 aliphatic heterocycles. The molecular formula is C13H25N3O3. The number of likely N-dealkylation sites (tertiary alicyclic amines) is 1. The van der Waals surface area contributed by atoms with Gasteiger partial charge in [0.2, 0.25) is 11.8 Å². The SMILES string of the molecule is CC[C@H](N)C(=O)N1CCC(C(=O)NCCCO)CC1. The van der Waals surface area contributed by atoms with E-state index in [0.717, 1.165) is 0 Å². The van der Waals surface area contributed by atoms with Crippen molar-refractivity contribution in [3.63, 3.8) is 0 Å². The van der Waals surface area contributed by atoms with Gasteiger partial charge in [0.05, 0.1) is 6.04 Å². The maximum absolute atomic E-state index is 11.9. The number of aliphatic hydroxyl groups excluding tert-OH is 1. The largest absolute Gasteiger partial charge is 0.396 e. The van der Waals surface area contributed by atoms with Crippen LogP contribution in [0.3, 0.4) is 0 Å². The van der Waals surface area contributed by atoms with E-state index < -0.39 is 6.04 Å². The molecule has 1 rings (SSSR count). The number of hydrogen-bond acceptors (Lipinski definition) is 4. The van der Waals surface area contributed by atoms with Crippen LogP contribution in [-0.4, -0.2) is 54.1 Å². The highest BCUT2D eigenvalue weighted by molar-refractivity contribution is 5.82. The molecule has 0 saturated carbocycles. The first-order valence-electron chi connectivity index (χ1n) is 7.03. The van der Waals surface area contributed by atoms with Crippen LogP contribution < -0.4 is 11.1 Å². The molecule has 0 bridgehead atoms. The maximum Gasteiger partial charge on any atom is 0.239 e. The van der Waals surface area contributed by atoms with Crippen molar-refractivity contribution in [3.8, 4) is 0 Å². The molecule has 1 aliphatic rings. The van der Waals surface area contributed by atoms with Gasteiger partial charge in [0, 0.05) is 32.2 Å². The Morgan fingerprint density at radius 1 is 1.42 bits per heavy atom. The standard InChI is InChI=1S/C13H25N3O3/c1-2-11(14)13(19)16-7-4-10(5-8-16)12(18)15-6-3-9-17/h10-11,17H,2-9,14H2,1H3,(H,15,18)/t11-/m0/s1. The van der Waals surface area contributed by atoms with Crippen LogP contribution in [0.4, 0.5) is 0 Å². The van der Waals surface area contributed by atoms with E-state index in [1.54, 1.807) is 4.90 Å². The third kappa shape index (κ3) is 4.80. The Bertz CT molecular complexity index is 302. The van der Waals surface area contributed by atoms with Gasteiger partial charge in [-0.15, -0.1) is 0 Å². The van der Waals surface area contributed by atoms with Gasteiger partial charge in [-0.2, -0.15) is 0 Å². The van der Waals surface area contributed by atoms with Crippen LogP contribution in [0.2, 0.25) is 0 Å². The molecule has 0 aliphatic carbocycles. The minimum Gasteiger partial charge on any atom is -0.396 e. The second-order valence-electron chi connectivity index (χ2n) is 4.98. The molecule has 0 spiro atoms. The van der Waals surface area contributed by atoms with E-state index in [-0.39, 0.29) is 24.3 Å². The summed E-state index contributed by atoms with van der Waals surface area (Å²) < 4.78 is 0. The summed E-state index contributed by atoms with van der Waals surface area (Å²) in [6, 6.07) is -0.421. The topological polar surface area (TPSA) is 95.7 Å². The smallest absolute Gasteiger partial charge is 0.239 e. The number of nitrogens with two attached hydrogens (primary N) is 1. The predicted molar refractivity (Wildman–Crippen MR) is 72.3 cm³/mol. The molecule has 1 saturated heterocycles. The molecule has 0 radical (unpaired) electrons. The molecule has 6 nitrogen and oxygen atoms in total. The lowest BCUT2D eigenvalue weighted by Crippen LogP contribution is -2.48. The van der Waals surface area contributed by atoms with Crippen molar-refractivity contribution in [3.05, 3.63) is 0 Å². The van der Waals surface area contributed by atoms with E-state index in [9.17, 15) is 9.59 Å².